The van der Waals surface area contributed by atoms with E-state index in [1.54, 1.807) is 10.9 Å². The minimum absolute atomic E-state index is 0.239. The Kier molecular flexibility index (Phi) is 2.67. The summed E-state index contributed by atoms with van der Waals surface area (Å²) in [7, 11) is 1.90. The quantitative estimate of drug-likeness (QED) is 0.827. The molecule has 2 aromatic rings. The minimum Gasteiger partial charge on any atom is -0.376 e. The van der Waals surface area contributed by atoms with Crippen molar-refractivity contribution in [3.63, 3.8) is 0 Å². The van der Waals surface area contributed by atoms with Crippen molar-refractivity contribution in [3.05, 3.63) is 42.5 Å². The third kappa shape index (κ3) is 2.34. The number of pyridine rings is 1. The maximum atomic E-state index is 4.10. The van der Waals surface area contributed by atoms with Crippen molar-refractivity contribution in [2.24, 2.45) is 7.05 Å². The van der Waals surface area contributed by atoms with Crippen LogP contribution < -0.4 is 5.32 Å². The lowest BCUT2D eigenvalue weighted by Gasteiger charge is -2.12. The van der Waals surface area contributed by atoms with Gasteiger partial charge in [0.1, 0.15) is 0 Å². The molecular formula is C11H14N4. The largest absolute Gasteiger partial charge is 0.376 e. The first-order valence-corrected chi connectivity index (χ1v) is 4.91. The lowest BCUT2D eigenvalue weighted by atomic mass is 10.1. The van der Waals surface area contributed by atoms with Crippen molar-refractivity contribution >= 4 is 5.69 Å². The maximum Gasteiger partial charge on any atom is 0.0731 e. The Morgan fingerprint density at radius 3 is 2.87 bits per heavy atom. The molecule has 2 aromatic heterocycles. The van der Waals surface area contributed by atoms with Crippen LogP contribution in [0.15, 0.2) is 36.9 Å². The third-order valence-electron chi connectivity index (χ3n) is 2.27. The summed E-state index contributed by atoms with van der Waals surface area (Å²) in [6, 6.07) is 4.24. The van der Waals surface area contributed by atoms with Crippen molar-refractivity contribution in [3.8, 4) is 0 Å². The fourth-order valence-electron chi connectivity index (χ4n) is 1.46. The van der Waals surface area contributed by atoms with Crippen LogP contribution in [0.3, 0.4) is 0 Å². The highest BCUT2D eigenvalue weighted by Crippen LogP contribution is 2.16. The molecule has 0 saturated heterocycles. The molecule has 2 heterocycles. The summed E-state index contributed by atoms with van der Waals surface area (Å²) >= 11 is 0. The third-order valence-corrected chi connectivity index (χ3v) is 2.27. The molecule has 0 radical (unpaired) electrons. The lowest BCUT2D eigenvalue weighted by Crippen LogP contribution is -2.05. The van der Waals surface area contributed by atoms with Crippen LogP contribution in [-0.4, -0.2) is 14.8 Å². The Hall–Kier alpha value is -1.84. The molecule has 0 amide bonds. The number of hydrogen-bond acceptors (Lipinski definition) is 3. The van der Waals surface area contributed by atoms with E-state index in [1.807, 2.05) is 31.7 Å². The summed E-state index contributed by atoms with van der Waals surface area (Å²) in [4.78, 5) is 4.09. The first-order chi connectivity index (χ1) is 7.25. The zero-order chi connectivity index (χ0) is 10.7. The zero-order valence-electron chi connectivity index (χ0n) is 8.88. The van der Waals surface area contributed by atoms with Gasteiger partial charge in [0.05, 0.1) is 17.9 Å². The standard InChI is InChI=1S/C11H14N4/c1-9(10-4-3-5-12-6-10)14-11-7-13-15(2)8-11/h3-9,14H,1-2H3. The summed E-state index contributed by atoms with van der Waals surface area (Å²) < 4.78 is 1.78. The first kappa shape index (κ1) is 9.71. The van der Waals surface area contributed by atoms with Crippen LogP contribution >= 0.6 is 0 Å². The van der Waals surface area contributed by atoms with E-state index in [1.165, 1.54) is 5.56 Å². The van der Waals surface area contributed by atoms with E-state index in [2.05, 4.69) is 28.4 Å². The van der Waals surface area contributed by atoms with E-state index in [-0.39, 0.29) is 6.04 Å². The van der Waals surface area contributed by atoms with E-state index >= 15 is 0 Å². The number of aromatic nitrogens is 3. The molecule has 4 nitrogen and oxygen atoms in total. The van der Waals surface area contributed by atoms with Gasteiger partial charge < -0.3 is 5.32 Å². The summed E-state index contributed by atoms with van der Waals surface area (Å²) in [5.41, 5.74) is 2.19. The molecule has 1 N–H and O–H groups in total. The van der Waals surface area contributed by atoms with Gasteiger partial charge in [-0.15, -0.1) is 0 Å². The Morgan fingerprint density at radius 1 is 1.40 bits per heavy atom. The van der Waals surface area contributed by atoms with Gasteiger partial charge in [0, 0.05) is 25.6 Å². The molecule has 2 rings (SSSR count). The summed E-state index contributed by atoms with van der Waals surface area (Å²) in [6.45, 7) is 2.10. The van der Waals surface area contributed by atoms with Crippen molar-refractivity contribution in [2.45, 2.75) is 13.0 Å². The van der Waals surface area contributed by atoms with Gasteiger partial charge in [0.15, 0.2) is 0 Å². The maximum absolute atomic E-state index is 4.10. The van der Waals surface area contributed by atoms with Crippen LogP contribution in [0.25, 0.3) is 0 Å². The van der Waals surface area contributed by atoms with Gasteiger partial charge in [-0.05, 0) is 18.6 Å². The Morgan fingerprint density at radius 2 is 2.27 bits per heavy atom. The van der Waals surface area contributed by atoms with Crippen molar-refractivity contribution in [2.75, 3.05) is 5.32 Å². The average Bonchev–Trinajstić information content (AvgIpc) is 2.65. The number of hydrogen-bond donors (Lipinski definition) is 1. The highest BCUT2D eigenvalue weighted by atomic mass is 15.3. The van der Waals surface area contributed by atoms with E-state index in [9.17, 15) is 0 Å². The number of aryl methyl sites for hydroxylation is 1. The smallest absolute Gasteiger partial charge is 0.0731 e. The molecule has 0 aliphatic rings. The molecule has 0 spiro atoms. The number of anilines is 1. The van der Waals surface area contributed by atoms with Gasteiger partial charge in [0.25, 0.3) is 0 Å². The Labute approximate surface area is 89.0 Å². The van der Waals surface area contributed by atoms with E-state index in [0.29, 0.717) is 0 Å². The van der Waals surface area contributed by atoms with Crippen LogP contribution in [0, 0.1) is 0 Å². The number of rotatable bonds is 3. The van der Waals surface area contributed by atoms with Crippen molar-refractivity contribution in [1.82, 2.24) is 14.8 Å². The van der Waals surface area contributed by atoms with Crippen molar-refractivity contribution < 1.29 is 0 Å². The van der Waals surface area contributed by atoms with Crippen molar-refractivity contribution in [1.29, 1.82) is 0 Å². The average molecular weight is 202 g/mol. The topological polar surface area (TPSA) is 42.7 Å². The van der Waals surface area contributed by atoms with E-state index in [4.69, 9.17) is 0 Å². The number of nitrogens with zero attached hydrogens (tertiary/aromatic N) is 3. The monoisotopic (exact) mass is 202 g/mol. The van der Waals surface area contributed by atoms with Gasteiger partial charge in [-0.2, -0.15) is 5.10 Å². The molecule has 0 fully saturated rings. The van der Waals surface area contributed by atoms with E-state index < -0.39 is 0 Å². The van der Waals surface area contributed by atoms with Gasteiger partial charge >= 0.3 is 0 Å². The molecule has 0 aromatic carbocycles. The Balaban J connectivity index is 2.07. The fraction of sp³-hybridized carbons (Fsp3) is 0.273. The molecule has 0 aliphatic heterocycles. The summed E-state index contributed by atoms with van der Waals surface area (Å²) in [6.07, 6.45) is 7.41. The van der Waals surface area contributed by atoms with E-state index in [0.717, 1.165) is 5.69 Å². The highest BCUT2D eigenvalue weighted by Gasteiger charge is 2.05. The van der Waals surface area contributed by atoms with Gasteiger partial charge in [-0.3, -0.25) is 9.67 Å². The molecule has 0 saturated carbocycles. The minimum atomic E-state index is 0.239. The fourth-order valence-corrected chi connectivity index (χ4v) is 1.46. The van der Waals surface area contributed by atoms with Gasteiger partial charge in [-0.1, -0.05) is 6.07 Å². The molecule has 4 heteroatoms. The predicted molar refractivity (Wildman–Crippen MR) is 59.5 cm³/mol. The molecule has 0 aliphatic carbocycles. The molecular weight excluding hydrogens is 188 g/mol. The normalized spacial score (nSPS) is 12.4. The van der Waals surface area contributed by atoms with Crippen LogP contribution in [0.5, 0.6) is 0 Å². The van der Waals surface area contributed by atoms with Gasteiger partial charge in [-0.25, -0.2) is 0 Å². The molecule has 15 heavy (non-hydrogen) atoms. The SMILES string of the molecule is CC(Nc1cnn(C)c1)c1cccnc1. The predicted octanol–water partition coefficient (Wildman–Crippen LogP) is 1.99. The second-order valence-electron chi connectivity index (χ2n) is 3.56. The highest BCUT2D eigenvalue weighted by molar-refractivity contribution is 5.40. The zero-order valence-corrected chi connectivity index (χ0v) is 8.88. The summed E-state index contributed by atoms with van der Waals surface area (Å²) in [5.74, 6) is 0. The van der Waals surface area contributed by atoms with Crippen LogP contribution in [0.4, 0.5) is 5.69 Å². The summed E-state index contributed by atoms with van der Waals surface area (Å²) in [5, 5.41) is 7.46. The number of nitrogens with one attached hydrogen (secondary N) is 1. The second-order valence-corrected chi connectivity index (χ2v) is 3.56. The first-order valence-electron chi connectivity index (χ1n) is 4.91. The molecule has 78 valence electrons. The Bertz CT molecular complexity index is 421. The molecule has 1 atom stereocenters. The van der Waals surface area contributed by atoms with Crippen LogP contribution in [-0.2, 0) is 7.05 Å². The molecule has 0 bridgehead atoms. The molecule has 1 unspecified atom stereocenters. The lowest BCUT2D eigenvalue weighted by molar-refractivity contribution is 0.767. The van der Waals surface area contributed by atoms with Crippen LogP contribution in [0.1, 0.15) is 18.5 Å². The van der Waals surface area contributed by atoms with Crippen LogP contribution in [0.2, 0.25) is 0 Å². The van der Waals surface area contributed by atoms with Gasteiger partial charge in [0.2, 0.25) is 0 Å². The second kappa shape index (κ2) is 4.13.